The van der Waals surface area contributed by atoms with Crippen LogP contribution in [0.4, 0.5) is 0 Å². The van der Waals surface area contributed by atoms with Crippen LogP contribution in [0.5, 0.6) is 23.0 Å². The molecule has 1 heterocycles. The third-order valence-electron chi connectivity index (χ3n) is 6.05. The van der Waals surface area contributed by atoms with Crippen molar-refractivity contribution in [3.63, 3.8) is 0 Å². The molecule has 182 valence electrons. The van der Waals surface area contributed by atoms with Crippen LogP contribution < -0.4 is 18.9 Å². The van der Waals surface area contributed by atoms with Gasteiger partial charge in [0.15, 0.2) is 23.0 Å². The van der Waals surface area contributed by atoms with Crippen LogP contribution in [0.15, 0.2) is 54.6 Å². The molecule has 0 aliphatic rings. The fraction of sp³-hybridized carbons (Fsp3) is 0.250. The zero-order valence-electron chi connectivity index (χ0n) is 20.8. The molecule has 1 aromatic heterocycles. The fourth-order valence-electron chi connectivity index (χ4n) is 4.18. The zero-order valence-corrected chi connectivity index (χ0v) is 21.6. The fourth-order valence-corrected chi connectivity index (χ4v) is 4.36. The van der Waals surface area contributed by atoms with Gasteiger partial charge in [-0.05, 0) is 67.4 Å². The van der Waals surface area contributed by atoms with E-state index in [-0.39, 0.29) is 0 Å². The Labute approximate surface area is 211 Å². The summed E-state index contributed by atoms with van der Waals surface area (Å²) in [6, 6.07) is 17.7. The van der Waals surface area contributed by atoms with Crippen molar-refractivity contribution in [1.82, 2.24) is 9.78 Å². The Bertz CT molecular complexity index is 1360. The number of nitrogens with zero attached hydrogens (tertiary/aromatic N) is 2. The SMILES string of the molecule is CCc1c(-c2ccc(OC)c(OC)c2)nn(-c2ccc(C)c(Cl)c2)c1-c1ccc(OC)c(OC)c1. The summed E-state index contributed by atoms with van der Waals surface area (Å²) in [7, 11) is 6.52. The van der Waals surface area contributed by atoms with Gasteiger partial charge in [-0.1, -0.05) is 24.6 Å². The molecule has 35 heavy (non-hydrogen) atoms. The van der Waals surface area contributed by atoms with E-state index in [9.17, 15) is 0 Å². The Balaban J connectivity index is 2.02. The number of hydrogen-bond acceptors (Lipinski definition) is 5. The first-order valence-electron chi connectivity index (χ1n) is 11.3. The molecule has 0 fully saturated rings. The van der Waals surface area contributed by atoms with E-state index in [1.54, 1.807) is 28.4 Å². The molecule has 0 saturated carbocycles. The smallest absolute Gasteiger partial charge is 0.161 e. The molecule has 0 unspecified atom stereocenters. The Hall–Kier alpha value is -3.64. The van der Waals surface area contributed by atoms with Gasteiger partial charge in [-0.3, -0.25) is 0 Å². The Morgan fingerprint density at radius 2 is 1.31 bits per heavy atom. The van der Waals surface area contributed by atoms with Crippen LogP contribution in [0.1, 0.15) is 18.1 Å². The van der Waals surface area contributed by atoms with Crippen molar-refractivity contribution < 1.29 is 18.9 Å². The molecule has 4 rings (SSSR count). The lowest BCUT2D eigenvalue weighted by Crippen LogP contribution is -2.01. The van der Waals surface area contributed by atoms with Crippen LogP contribution in [-0.4, -0.2) is 38.2 Å². The van der Waals surface area contributed by atoms with Crippen LogP contribution in [-0.2, 0) is 6.42 Å². The van der Waals surface area contributed by atoms with E-state index in [1.165, 1.54) is 0 Å². The van der Waals surface area contributed by atoms with Crippen molar-refractivity contribution in [2.24, 2.45) is 0 Å². The minimum atomic E-state index is 0.646. The van der Waals surface area contributed by atoms with Gasteiger partial charge in [0.1, 0.15) is 0 Å². The molecule has 0 aliphatic heterocycles. The monoisotopic (exact) mass is 492 g/mol. The lowest BCUT2D eigenvalue weighted by atomic mass is 9.99. The van der Waals surface area contributed by atoms with Crippen LogP contribution in [0.2, 0.25) is 5.02 Å². The molecule has 0 bridgehead atoms. The summed E-state index contributed by atoms with van der Waals surface area (Å²) in [6.45, 7) is 4.11. The third kappa shape index (κ3) is 4.54. The molecule has 0 amide bonds. The highest BCUT2D eigenvalue weighted by Gasteiger charge is 2.23. The van der Waals surface area contributed by atoms with Gasteiger partial charge >= 0.3 is 0 Å². The second-order valence-electron chi connectivity index (χ2n) is 8.01. The van der Waals surface area contributed by atoms with Gasteiger partial charge in [-0.2, -0.15) is 5.10 Å². The predicted octanol–water partition coefficient (Wildman–Crippen LogP) is 6.76. The molecular formula is C28H29ClN2O4. The second-order valence-corrected chi connectivity index (χ2v) is 8.42. The molecule has 0 radical (unpaired) electrons. The standard InChI is InChI=1S/C28H29ClN2O4/c1-7-21-27(18-9-12-23(32-3)25(14-18)34-5)30-31(20-11-8-17(2)22(29)16-20)28(21)19-10-13-24(33-4)26(15-19)35-6/h8-16H,7H2,1-6H3. The van der Waals surface area contributed by atoms with Gasteiger partial charge in [0, 0.05) is 21.7 Å². The van der Waals surface area contributed by atoms with Gasteiger partial charge in [-0.25, -0.2) is 4.68 Å². The summed E-state index contributed by atoms with van der Waals surface area (Å²) in [5.41, 5.74) is 6.65. The largest absolute Gasteiger partial charge is 0.493 e. The van der Waals surface area contributed by atoms with Gasteiger partial charge < -0.3 is 18.9 Å². The van der Waals surface area contributed by atoms with E-state index < -0.39 is 0 Å². The van der Waals surface area contributed by atoms with E-state index in [4.69, 9.17) is 35.6 Å². The van der Waals surface area contributed by atoms with Crippen molar-refractivity contribution in [2.75, 3.05) is 28.4 Å². The van der Waals surface area contributed by atoms with Gasteiger partial charge in [0.05, 0.1) is 45.5 Å². The zero-order chi connectivity index (χ0) is 25.1. The molecule has 0 spiro atoms. The van der Waals surface area contributed by atoms with Crippen LogP contribution in [0.3, 0.4) is 0 Å². The first kappa shape index (κ1) is 24.5. The van der Waals surface area contributed by atoms with E-state index in [0.29, 0.717) is 28.0 Å². The summed E-state index contributed by atoms with van der Waals surface area (Å²) >= 11 is 6.51. The minimum absolute atomic E-state index is 0.646. The lowest BCUT2D eigenvalue weighted by molar-refractivity contribution is 0.355. The molecule has 3 aromatic carbocycles. The summed E-state index contributed by atoms with van der Waals surface area (Å²) in [5.74, 6) is 2.63. The number of ether oxygens (including phenoxy) is 4. The van der Waals surface area contributed by atoms with Crippen molar-refractivity contribution >= 4 is 11.6 Å². The predicted molar refractivity (Wildman–Crippen MR) is 140 cm³/mol. The minimum Gasteiger partial charge on any atom is -0.493 e. The average Bonchev–Trinajstić information content (AvgIpc) is 3.29. The molecule has 7 heteroatoms. The summed E-state index contributed by atoms with van der Waals surface area (Å²) in [5, 5.41) is 5.77. The summed E-state index contributed by atoms with van der Waals surface area (Å²) in [6.07, 6.45) is 0.757. The number of halogens is 1. The maximum atomic E-state index is 6.51. The highest BCUT2D eigenvalue weighted by molar-refractivity contribution is 6.31. The van der Waals surface area contributed by atoms with E-state index in [2.05, 4.69) is 6.92 Å². The molecule has 0 atom stereocenters. The number of rotatable bonds is 8. The van der Waals surface area contributed by atoms with Crippen molar-refractivity contribution in [2.45, 2.75) is 20.3 Å². The molecule has 0 N–H and O–H groups in total. The second kappa shape index (κ2) is 10.3. The van der Waals surface area contributed by atoms with Gasteiger partial charge in [-0.15, -0.1) is 0 Å². The van der Waals surface area contributed by atoms with E-state index in [0.717, 1.165) is 45.7 Å². The van der Waals surface area contributed by atoms with Crippen molar-refractivity contribution in [1.29, 1.82) is 0 Å². The molecule has 4 aromatic rings. The van der Waals surface area contributed by atoms with Gasteiger partial charge in [0.25, 0.3) is 0 Å². The first-order chi connectivity index (χ1) is 16.9. The van der Waals surface area contributed by atoms with Crippen molar-refractivity contribution in [3.05, 3.63) is 70.7 Å². The maximum absolute atomic E-state index is 6.51. The van der Waals surface area contributed by atoms with Crippen LogP contribution in [0.25, 0.3) is 28.2 Å². The molecular weight excluding hydrogens is 464 g/mol. The molecule has 6 nitrogen and oxygen atoms in total. The van der Waals surface area contributed by atoms with Crippen molar-refractivity contribution in [3.8, 4) is 51.2 Å². The Morgan fingerprint density at radius 3 is 1.86 bits per heavy atom. The Kier molecular flexibility index (Phi) is 7.22. The van der Waals surface area contributed by atoms with Crippen LogP contribution >= 0.6 is 11.6 Å². The number of aryl methyl sites for hydroxylation is 1. The third-order valence-corrected chi connectivity index (χ3v) is 6.46. The quantitative estimate of drug-likeness (QED) is 0.272. The number of aromatic nitrogens is 2. The molecule has 0 aliphatic carbocycles. The number of benzene rings is 3. The lowest BCUT2D eigenvalue weighted by Gasteiger charge is -2.13. The number of methoxy groups -OCH3 is 4. The van der Waals surface area contributed by atoms with Crippen LogP contribution in [0, 0.1) is 6.92 Å². The maximum Gasteiger partial charge on any atom is 0.161 e. The van der Waals surface area contributed by atoms with E-state index in [1.807, 2.05) is 66.2 Å². The number of hydrogen-bond donors (Lipinski definition) is 0. The highest BCUT2D eigenvalue weighted by Crippen LogP contribution is 2.40. The van der Waals surface area contributed by atoms with Gasteiger partial charge in [0.2, 0.25) is 0 Å². The average molecular weight is 493 g/mol. The topological polar surface area (TPSA) is 54.7 Å². The van der Waals surface area contributed by atoms with E-state index >= 15 is 0 Å². The Morgan fingerprint density at radius 1 is 0.743 bits per heavy atom. The normalized spacial score (nSPS) is 10.8. The summed E-state index contributed by atoms with van der Waals surface area (Å²) < 4.78 is 24.0. The highest BCUT2D eigenvalue weighted by atomic mass is 35.5. The molecule has 0 saturated heterocycles. The first-order valence-corrected chi connectivity index (χ1v) is 11.7. The summed E-state index contributed by atoms with van der Waals surface area (Å²) in [4.78, 5) is 0.